The molecule has 0 amide bonds. The fourth-order valence-electron chi connectivity index (χ4n) is 2.57. The summed E-state index contributed by atoms with van der Waals surface area (Å²) in [6.45, 7) is 9.10. The molecule has 0 atom stereocenters. The average Bonchev–Trinajstić information content (AvgIpc) is 2.70. The zero-order chi connectivity index (χ0) is 16.7. The molecule has 0 fully saturated rings. The highest BCUT2D eigenvalue weighted by molar-refractivity contribution is 6.05. The molecule has 0 saturated carbocycles. The van der Waals surface area contributed by atoms with Gasteiger partial charge in [0.25, 0.3) is 0 Å². The minimum atomic E-state index is -0.654. The van der Waals surface area contributed by atoms with Gasteiger partial charge >= 0.3 is 12.1 Å². The highest BCUT2D eigenvalue weighted by atomic mass is 16.6. The van der Waals surface area contributed by atoms with Crippen molar-refractivity contribution in [3.63, 3.8) is 0 Å². The van der Waals surface area contributed by atoms with E-state index in [0.717, 1.165) is 10.9 Å². The number of methoxy groups -OCH3 is 1. The number of aromatic nitrogens is 1. The quantitative estimate of drug-likeness (QED) is 0.751. The number of carbonyl (C=O) groups excluding carboxylic acids is 2. The Morgan fingerprint density at radius 2 is 1.77 bits per heavy atom. The second-order valence-electron chi connectivity index (χ2n) is 6.25. The van der Waals surface area contributed by atoms with Crippen molar-refractivity contribution in [2.45, 2.75) is 40.2 Å². The van der Waals surface area contributed by atoms with E-state index in [1.165, 1.54) is 11.7 Å². The van der Waals surface area contributed by atoms with Gasteiger partial charge in [-0.3, -0.25) is 0 Å². The first kappa shape index (κ1) is 16.1. The van der Waals surface area contributed by atoms with E-state index >= 15 is 0 Å². The number of carbonyl (C=O) groups is 2. The molecule has 2 aromatic rings. The Kier molecular flexibility index (Phi) is 4.00. The van der Waals surface area contributed by atoms with Crippen molar-refractivity contribution in [2.75, 3.05) is 7.11 Å². The van der Waals surface area contributed by atoms with Crippen LogP contribution < -0.4 is 0 Å². The number of esters is 1. The lowest BCUT2D eigenvalue weighted by Crippen LogP contribution is -2.29. The van der Waals surface area contributed by atoms with Gasteiger partial charge in [0.15, 0.2) is 0 Å². The van der Waals surface area contributed by atoms with Crippen molar-refractivity contribution in [3.8, 4) is 0 Å². The minimum Gasteiger partial charge on any atom is -0.464 e. The second-order valence-corrected chi connectivity index (χ2v) is 6.25. The van der Waals surface area contributed by atoms with Crippen LogP contribution in [0.5, 0.6) is 0 Å². The molecule has 0 aliphatic carbocycles. The van der Waals surface area contributed by atoms with E-state index < -0.39 is 17.7 Å². The molecule has 2 rings (SSSR count). The summed E-state index contributed by atoms with van der Waals surface area (Å²) in [6, 6.07) is 5.58. The Balaban J connectivity index is 2.78. The van der Waals surface area contributed by atoms with Gasteiger partial charge in [-0.15, -0.1) is 0 Å². The van der Waals surface area contributed by atoms with Crippen molar-refractivity contribution < 1.29 is 19.1 Å². The molecular formula is C17H21NO4. The number of hydrogen-bond acceptors (Lipinski definition) is 4. The molecule has 22 heavy (non-hydrogen) atoms. The fraction of sp³-hybridized carbons (Fsp3) is 0.412. The highest BCUT2D eigenvalue weighted by Gasteiger charge is 2.28. The average molecular weight is 303 g/mol. The van der Waals surface area contributed by atoms with E-state index in [0.29, 0.717) is 11.1 Å². The largest absolute Gasteiger partial charge is 0.464 e. The fourth-order valence-corrected chi connectivity index (χ4v) is 2.57. The molecule has 0 radical (unpaired) electrons. The summed E-state index contributed by atoms with van der Waals surface area (Å²) >= 11 is 0. The number of benzene rings is 1. The van der Waals surface area contributed by atoms with Crippen LogP contribution in [0.15, 0.2) is 18.2 Å². The molecule has 0 bridgehead atoms. The Morgan fingerprint density at radius 3 is 2.32 bits per heavy atom. The summed E-state index contributed by atoms with van der Waals surface area (Å²) in [7, 11) is 1.30. The Morgan fingerprint density at radius 1 is 1.14 bits per heavy atom. The molecular weight excluding hydrogens is 282 g/mol. The van der Waals surface area contributed by atoms with Gasteiger partial charge in [-0.2, -0.15) is 0 Å². The third-order valence-corrected chi connectivity index (χ3v) is 3.40. The summed E-state index contributed by atoms with van der Waals surface area (Å²) in [6.07, 6.45) is -0.586. The first-order chi connectivity index (χ1) is 10.2. The molecule has 0 aliphatic rings. The number of nitrogens with zero attached hydrogens (tertiary/aromatic N) is 1. The van der Waals surface area contributed by atoms with Gasteiger partial charge in [-0.05, 0) is 51.8 Å². The topological polar surface area (TPSA) is 57.5 Å². The van der Waals surface area contributed by atoms with Gasteiger partial charge in [-0.1, -0.05) is 12.1 Å². The minimum absolute atomic E-state index is 0.209. The summed E-state index contributed by atoms with van der Waals surface area (Å²) < 4.78 is 11.6. The van der Waals surface area contributed by atoms with E-state index in [1.54, 1.807) is 26.8 Å². The molecule has 5 heteroatoms. The van der Waals surface area contributed by atoms with Crippen molar-refractivity contribution in [2.24, 2.45) is 0 Å². The van der Waals surface area contributed by atoms with E-state index in [4.69, 9.17) is 9.47 Å². The molecule has 0 N–H and O–H groups in total. The van der Waals surface area contributed by atoms with Crippen LogP contribution in [0.1, 0.15) is 42.4 Å². The van der Waals surface area contributed by atoms with Crippen molar-refractivity contribution in [1.29, 1.82) is 0 Å². The molecule has 0 saturated heterocycles. The number of ether oxygens (including phenoxy) is 2. The third-order valence-electron chi connectivity index (χ3n) is 3.40. The maximum absolute atomic E-state index is 12.6. The first-order valence-corrected chi connectivity index (χ1v) is 7.09. The molecule has 1 aromatic heterocycles. The lowest BCUT2D eigenvalue weighted by Gasteiger charge is -2.20. The number of rotatable bonds is 1. The second kappa shape index (κ2) is 5.48. The standard InChI is InChI=1S/C17H21NO4/c1-10-8-7-9-12-13(10)11(2)14(15(19)21-6)18(12)16(20)22-17(3,4)5/h7-9H,1-6H3. The number of aryl methyl sites for hydroxylation is 2. The summed E-state index contributed by atoms with van der Waals surface area (Å²) in [5.74, 6) is -0.557. The number of hydrogen-bond donors (Lipinski definition) is 0. The SMILES string of the molecule is COC(=O)c1c(C)c2c(C)cccc2n1C(=O)OC(C)(C)C. The van der Waals surface area contributed by atoms with Crippen LogP contribution >= 0.6 is 0 Å². The molecule has 0 spiro atoms. The molecule has 1 heterocycles. The van der Waals surface area contributed by atoms with E-state index in [-0.39, 0.29) is 5.69 Å². The maximum Gasteiger partial charge on any atom is 0.419 e. The van der Waals surface area contributed by atoms with Crippen LogP contribution in [0.25, 0.3) is 10.9 Å². The predicted octanol–water partition coefficient (Wildman–Crippen LogP) is 3.83. The van der Waals surface area contributed by atoms with Gasteiger partial charge in [0, 0.05) is 5.39 Å². The Bertz CT molecular complexity index is 750. The Hall–Kier alpha value is -2.30. The maximum atomic E-state index is 12.6. The highest BCUT2D eigenvalue weighted by Crippen LogP contribution is 2.29. The predicted molar refractivity (Wildman–Crippen MR) is 84.4 cm³/mol. The van der Waals surface area contributed by atoms with E-state index in [9.17, 15) is 9.59 Å². The normalized spacial score (nSPS) is 11.5. The zero-order valence-corrected chi connectivity index (χ0v) is 13.8. The van der Waals surface area contributed by atoms with Gasteiger partial charge in [0.2, 0.25) is 0 Å². The summed E-state index contributed by atoms with van der Waals surface area (Å²) in [5, 5.41) is 0.869. The van der Waals surface area contributed by atoms with Gasteiger partial charge in [-0.25, -0.2) is 14.2 Å². The lowest BCUT2D eigenvalue weighted by atomic mass is 10.1. The molecule has 0 aliphatic heterocycles. The van der Waals surface area contributed by atoms with Gasteiger partial charge in [0.1, 0.15) is 11.3 Å². The van der Waals surface area contributed by atoms with Crippen LogP contribution in [0.4, 0.5) is 4.79 Å². The molecule has 1 aromatic carbocycles. The smallest absolute Gasteiger partial charge is 0.419 e. The zero-order valence-electron chi connectivity index (χ0n) is 13.8. The molecule has 0 unspecified atom stereocenters. The van der Waals surface area contributed by atoms with Crippen LogP contribution in [-0.4, -0.2) is 29.3 Å². The first-order valence-electron chi connectivity index (χ1n) is 7.09. The van der Waals surface area contributed by atoms with Crippen molar-refractivity contribution >= 4 is 23.0 Å². The monoisotopic (exact) mass is 303 g/mol. The molecule has 5 nitrogen and oxygen atoms in total. The van der Waals surface area contributed by atoms with E-state index in [2.05, 4.69) is 0 Å². The Labute approximate surface area is 129 Å². The summed E-state index contributed by atoms with van der Waals surface area (Å²) in [4.78, 5) is 24.7. The van der Waals surface area contributed by atoms with Crippen LogP contribution in [0, 0.1) is 13.8 Å². The molecule has 118 valence electrons. The lowest BCUT2D eigenvalue weighted by molar-refractivity contribution is 0.0489. The van der Waals surface area contributed by atoms with Crippen molar-refractivity contribution in [1.82, 2.24) is 4.57 Å². The van der Waals surface area contributed by atoms with Gasteiger partial charge < -0.3 is 9.47 Å². The summed E-state index contributed by atoms with van der Waals surface area (Å²) in [5.41, 5.74) is 1.90. The van der Waals surface area contributed by atoms with Crippen LogP contribution in [-0.2, 0) is 9.47 Å². The number of fused-ring (bicyclic) bond motifs is 1. The van der Waals surface area contributed by atoms with Gasteiger partial charge in [0.05, 0.1) is 12.6 Å². The third kappa shape index (κ3) is 2.71. The van der Waals surface area contributed by atoms with Crippen LogP contribution in [0.2, 0.25) is 0 Å². The van der Waals surface area contributed by atoms with Crippen molar-refractivity contribution in [3.05, 3.63) is 35.0 Å². The van der Waals surface area contributed by atoms with E-state index in [1.807, 2.05) is 26.0 Å². The van der Waals surface area contributed by atoms with Crippen LogP contribution in [0.3, 0.4) is 0 Å².